The van der Waals surface area contributed by atoms with Gasteiger partial charge in [0.1, 0.15) is 23.5 Å². The average Bonchev–Trinajstić information content (AvgIpc) is 3.47. The molecule has 0 spiro atoms. The Labute approximate surface area is 203 Å². The molecule has 1 aliphatic rings. The van der Waals surface area contributed by atoms with E-state index < -0.39 is 17.5 Å². The first-order valence-electron chi connectivity index (χ1n) is 11.4. The number of rotatable bonds is 5. The molecule has 3 heterocycles. The number of nitrogens with zero attached hydrogens (tertiary/aromatic N) is 3. The van der Waals surface area contributed by atoms with Crippen molar-refractivity contribution in [3.8, 4) is 17.3 Å². The summed E-state index contributed by atoms with van der Waals surface area (Å²) in [5, 5.41) is 19.5. The molecule has 8 nitrogen and oxygen atoms in total. The van der Waals surface area contributed by atoms with E-state index in [9.17, 15) is 23.2 Å². The summed E-state index contributed by atoms with van der Waals surface area (Å²) in [6.07, 6.45) is 4.18. The number of carbonyl (C=O) groups is 1. The molecule has 5 rings (SSSR count). The van der Waals surface area contributed by atoms with Gasteiger partial charge in [0.05, 0.1) is 16.8 Å². The predicted molar refractivity (Wildman–Crippen MR) is 124 cm³/mol. The highest BCUT2D eigenvalue weighted by atomic mass is 19.1. The van der Waals surface area contributed by atoms with Crippen LogP contribution in [-0.4, -0.2) is 33.1 Å². The quantitative estimate of drug-likeness (QED) is 0.360. The van der Waals surface area contributed by atoms with Crippen molar-refractivity contribution < 1.29 is 22.5 Å². The van der Waals surface area contributed by atoms with E-state index in [1.54, 1.807) is 13.0 Å². The summed E-state index contributed by atoms with van der Waals surface area (Å²) in [6, 6.07) is 6.02. The Morgan fingerprint density at radius 2 is 1.97 bits per heavy atom. The number of hydrogen-bond acceptors (Lipinski definition) is 6. The van der Waals surface area contributed by atoms with Crippen molar-refractivity contribution in [3.05, 3.63) is 64.9 Å². The van der Waals surface area contributed by atoms with E-state index in [0.29, 0.717) is 12.2 Å². The summed E-state index contributed by atoms with van der Waals surface area (Å²) in [5.74, 6) is -2.19. The summed E-state index contributed by atoms with van der Waals surface area (Å²) >= 11 is 0. The molecule has 1 fully saturated rings. The molecule has 0 saturated heterocycles. The zero-order chi connectivity index (χ0) is 25.4. The first-order chi connectivity index (χ1) is 17.3. The van der Waals surface area contributed by atoms with Gasteiger partial charge in [0.25, 0.3) is 5.91 Å². The van der Waals surface area contributed by atoms with Crippen molar-refractivity contribution in [1.29, 1.82) is 5.26 Å². The number of aromatic amines is 1. The normalized spacial score (nSPS) is 17.6. The van der Waals surface area contributed by atoms with Crippen LogP contribution in [0.4, 0.5) is 19.0 Å². The fourth-order valence-corrected chi connectivity index (χ4v) is 4.61. The number of pyridine rings is 1. The van der Waals surface area contributed by atoms with Crippen LogP contribution in [0.5, 0.6) is 0 Å². The van der Waals surface area contributed by atoms with Gasteiger partial charge in [-0.2, -0.15) is 5.26 Å². The van der Waals surface area contributed by atoms with E-state index >= 15 is 0 Å². The number of fused-ring (bicyclic) bond motifs is 1. The lowest BCUT2D eigenvalue weighted by Gasteiger charge is -2.30. The molecule has 0 radical (unpaired) electrons. The highest BCUT2D eigenvalue weighted by molar-refractivity contribution is 5.96. The lowest BCUT2D eigenvalue weighted by molar-refractivity contribution is 0.0917. The van der Waals surface area contributed by atoms with E-state index in [0.717, 1.165) is 37.5 Å². The van der Waals surface area contributed by atoms with Gasteiger partial charge in [-0.05, 0) is 44.7 Å². The van der Waals surface area contributed by atoms with E-state index in [1.165, 1.54) is 6.20 Å². The maximum Gasteiger partial charge on any atom is 0.273 e. The summed E-state index contributed by atoms with van der Waals surface area (Å²) in [6.45, 7) is 1.70. The average molecular weight is 494 g/mol. The second kappa shape index (κ2) is 9.37. The molecule has 11 heteroatoms. The highest BCUT2D eigenvalue weighted by Crippen LogP contribution is 2.34. The molecule has 4 aromatic rings. The molecular formula is C25H21F3N6O2. The van der Waals surface area contributed by atoms with Crippen LogP contribution in [0.2, 0.25) is 0 Å². The van der Waals surface area contributed by atoms with Crippen LogP contribution in [0.3, 0.4) is 0 Å². The molecule has 184 valence electrons. The topological polar surface area (TPSA) is 120 Å². The van der Waals surface area contributed by atoms with Crippen LogP contribution >= 0.6 is 0 Å². The van der Waals surface area contributed by atoms with Crippen LogP contribution in [0, 0.1) is 35.7 Å². The third-order valence-corrected chi connectivity index (χ3v) is 6.27. The number of hydrogen-bond donors (Lipinski definition) is 3. The van der Waals surface area contributed by atoms with Crippen LogP contribution in [-0.2, 0) is 0 Å². The first-order valence-corrected chi connectivity index (χ1v) is 11.4. The number of aromatic nitrogens is 3. The van der Waals surface area contributed by atoms with Gasteiger partial charge in [-0.15, -0.1) is 0 Å². The monoisotopic (exact) mass is 494 g/mol. The minimum Gasteiger partial charge on any atom is -0.365 e. The van der Waals surface area contributed by atoms with Gasteiger partial charge < -0.3 is 20.1 Å². The predicted octanol–water partition coefficient (Wildman–Crippen LogP) is 4.97. The second-order valence-electron chi connectivity index (χ2n) is 8.84. The molecule has 1 aliphatic carbocycles. The van der Waals surface area contributed by atoms with E-state index in [2.05, 4.69) is 25.8 Å². The number of halogens is 3. The maximum absolute atomic E-state index is 14.9. The maximum atomic E-state index is 14.9. The minimum atomic E-state index is -0.786. The third-order valence-electron chi connectivity index (χ3n) is 6.27. The van der Waals surface area contributed by atoms with Gasteiger partial charge in [-0.25, -0.2) is 18.2 Å². The van der Waals surface area contributed by atoms with Crippen LogP contribution in [0.1, 0.15) is 47.5 Å². The molecule has 0 aliphatic heterocycles. The number of nitrogens with one attached hydrogen (secondary N) is 3. The molecule has 1 saturated carbocycles. The van der Waals surface area contributed by atoms with Crippen molar-refractivity contribution in [2.45, 2.75) is 44.7 Å². The minimum absolute atomic E-state index is 0.0593. The Morgan fingerprint density at radius 3 is 2.72 bits per heavy atom. The number of nitriles is 1. The number of H-pyrrole nitrogens is 1. The number of amides is 1. The molecule has 3 N–H and O–H groups in total. The zero-order valence-corrected chi connectivity index (χ0v) is 19.2. The number of aryl methyl sites for hydroxylation is 1. The Hall–Kier alpha value is -4.33. The zero-order valence-electron chi connectivity index (χ0n) is 19.2. The molecule has 36 heavy (non-hydrogen) atoms. The standard InChI is InChI=1S/C25H21F3N6O2/c1-12-5-21(34-36-12)25(35)32-16-4-2-3-15(9-16)31-24-20(28)6-13(10-29)22(33-24)18-11-30-23-17(18)7-14(26)8-19(23)27/h5-8,11,15-16,30H,2-4,9H2,1H3,(H,31,33)(H,32,35)/t15?,16-/m1/s1. The van der Waals surface area contributed by atoms with Gasteiger partial charge >= 0.3 is 0 Å². The highest BCUT2D eigenvalue weighted by Gasteiger charge is 2.26. The Morgan fingerprint density at radius 1 is 1.17 bits per heavy atom. The smallest absolute Gasteiger partial charge is 0.273 e. The van der Waals surface area contributed by atoms with Crippen molar-refractivity contribution in [2.24, 2.45) is 0 Å². The summed E-state index contributed by atoms with van der Waals surface area (Å²) in [4.78, 5) is 19.5. The van der Waals surface area contributed by atoms with Gasteiger partial charge in [0.2, 0.25) is 0 Å². The lowest BCUT2D eigenvalue weighted by Crippen LogP contribution is -2.42. The van der Waals surface area contributed by atoms with Gasteiger partial charge in [0, 0.05) is 41.4 Å². The lowest BCUT2D eigenvalue weighted by atomic mass is 9.90. The van der Waals surface area contributed by atoms with Crippen molar-refractivity contribution in [1.82, 2.24) is 20.4 Å². The van der Waals surface area contributed by atoms with Crippen molar-refractivity contribution in [2.75, 3.05) is 5.32 Å². The molecule has 2 atom stereocenters. The largest absolute Gasteiger partial charge is 0.365 e. The van der Waals surface area contributed by atoms with E-state index in [4.69, 9.17) is 4.52 Å². The van der Waals surface area contributed by atoms with Crippen molar-refractivity contribution >= 4 is 22.6 Å². The van der Waals surface area contributed by atoms with Crippen LogP contribution in [0.15, 0.2) is 35.0 Å². The van der Waals surface area contributed by atoms with Crippen molar-refractivity contribution in [3.63, 3.8) is 0 Å². The number of anilines is 1. The van der Waals surface area contributed by atoms with E-state index in [1.807, 2.05) is 6.07 Å². The number of benzene rings is 1. The Bertz CT molecular complexity index is 1510. The van der Waals surface area contributed by atoms with Gasteiger partial charge in [-0.3, -0.25) is 4.79 Å². The molecule has 3 aromatic heterocycles. The molecular weight excluding hydrogens is 473 g/mol. The summed E-state index contributed by atoms with van der Waals surface area (Å²) in [7, 11) is 0. The fourth-order valence-electron chi connectivity index (χ4n) is 4.61. The van der Waals surface area contributed by atoms with Gasteiger partial charge in [0.15, 0.2) is 17.3 Å². The Kier molecular flexibility index (Phi) is 6.10. The third kappa shape index (κ3) is 4.49. The summed E-state index contributed by atoms with van der Waals surface area (Å²) in [5.41, 5.74) is 0.558. The molecule has 0 bridgehead atoms. The fraction of sp³-hybridized carbons (Fsp3) is 0.280. The second-order valence-corrected chi connectivity index (χ2v) is 8.84. The molecule has 1 amide bonds. The molecule has 1 unspecified atom stereocenters. The first kappa shape index (κ1) is 23.4. The Balaban J connectivity index is 1.39. The van der Waals surface area contributed by atoms with Gasteiger partial charge in [-0.1, -0.05) is 5.16 Å². The number of carbonyl (C=O) groups excluding carboxylic acids is 1. The van der Waals surface area contributed by atoms with E-state index in [-0.39, 0.29) is 57.2 Å². The van der Waals surface area contributed by atoms with Crippen LogP contribution in [0.25, 0.3) is 22.2 Å². The summed E-state index contributed by atoms with van der Waals surface area (Å²) < 4.78 is 47.9. The molecule has 1 aromatic carbocycles. The van der Waals surface area contributed by atoms with Crippen LogP contribution < -0.4 is 10.6 Å². The SMILES string of the molecule is Cc1cc(C(=O)N[C@@H]2CCCC(Nc3nc(-c4c[nH]c5c(F)cc(F)cc45)c(C#N)cc3F)C2)no1.